The van der Waals surface area contributed by atoms with Crippen molar-refractivity contribution < 1.29 is 4.92 Å². The smallest absolute Gasteiger partial charge is 0.269 e. The molecule has 116 valence electrons. The first kappa shape index (κ1) is 16.1. The molecule has 0 radical (unpaired) electrons. The van der Waals surface area contributed by atoms with Gasteiger partial charge < -0.3 is 5.32 Å². The lowest BCUT2D eigenvalue weighted by atomic mass is 10.1. The van der Waals surface area contributed by atoms with Crippen LogP contribution in [0.3, 0.4) is 0 Å². The van der Waals surface area contributed by atoms with Crippen LogP contribution in [0, 0.1) is 10.1 Å². The van der Waals surface area contributed by atoms with Gasteiger partial charge in [0.15, 0.2) is 0 Å². The maximum Gasteiger partial charge on any atom is 0.269 e. The van der Waals surface area contributed by atoms with E-state index in [2.05, 4.69) is 17.1 Å². The third-order valence-corrected chi connectivity index (χ3v) is 4.62. The van der Waals surface area contributed by atoms with E-state index in [4.69, 9.17) is 0 Å². The molecule has 2 rings (SSSR count). The van der Waals surface area contributed by atoms with E-state index in [9.17, 15) is 10.1 Å². The first-order valence-corrected chi connectivity index (χ1v) is 8.67. The Morgan fingerprint density at radius 2 is 2.24 bits per heavy atom. The molecule has 0 saturated carbocycles. The lowest BCUT2D eigenvalue weighted by molar-refractivity contribution is -0.384. The second kappa shape index (κ2) is 8.24. The van der Waals surface area contributed by atoms with Gasteiger partial charge in [-0.3, -0.25) is 15.0 Å². The van der Waals surface area contributed by atoms with Crippen molar-refractivity contribution in [2.24, 2.45) is 0 Å². The Kier molecular flexibility index (Phi) is 6.32. The summed E-state index contributed by atoms with van der Waals surface area (Å²) in [4.78, 5) is 13.1. The van der Waals surface area contributed by atoms with Crippen LogP contribution in [-0.4, -0.2) is 41.0 Å². The van der Waals surface area contributed by atoms with E-state index in [1.165, 1.54) is 12.2 Å². The van der Waals surface area contributed by atoms with Crippen LogP contribution >= 0.6 is 11.8 Å². The van der Waals surface area contributed by atoms with E-state index in [-0.39, 0.29) is 10.6 Å². The number of nitro benzene ring substituents is 1. The van der Waals surface area contributed by atoms with Crippen molar-refractivity contribution in [1.82, 2.24) is 4.90 Å². The molecular weight excluding hydrogens is 286 g/mol. The second-order valence-electron chi connectivity index (χ2n) is 5.27. The van der Waals surface area contributed by atoms with Gasteiger partial charge in [-0.1, -0.05) is 6.92 Å². The molecule has 1 heterocycles. The van der Waals surface area contributed by atoms with Gasteiger partial charge in [-0.25, -0.2) is 0 Å². The topological polar surface area (TPSA) is 58.4 Å². The first-order chi connectivity index (χ1) is 10.2. The summed E-state index contributed by atoms with van der Waals surface area (Å²) in [6, 6.07) is 5.14. The van der Waals surface area contributed by atoms with Gasteiger partial charge >= 0.3 is 0 Å². The van der Waals surface area contributed by atoms with Gasteiger partial charge in [0, 0.05) is 43.2 Å². The number of anilines is 1. The van der Waals surface area contributed by atoms with Crippen LogP contribution in [0.15, 0.2) is 18.2 Å². The molecule has 0 aliphatic carbocycles. The van der Waals surface area contributed by atoms with Crippen LogP contribution in [0.25, 0.3) is 0 Å². The number of nitrogens with one attached hydrogen (secondary N) is 1. The second-order valence-corrected chi connectivity index (χ2v) is 6.49. The van der Waals surface area contributed by atoms with Crippen LogP contribution < -0.4 is 5.32 Å². The summed E-state index contributed by atoms with van der Waals surface area (Å²) in [5, 5.41) is 14.4. The number of non-ortho nitro benzene ring substituents is 1. The van der Waals surface area contributed by atoms with Crippen LogP contribution in [0.2, 0.25) is 0 Å². The maximum atomic E-state index is 11.0. The fraction of sp³-hybridized carbons (Fsp3) is 0.600. The van der Waals surface area contributed by atoms with Crippen LogP contribution in [-0.2, 0) is 6.54 Å². The molecule has 1 fully saturated rings. The normalized spacial score (nSPS) is 16.4. The quantitative estimate of drug-likeness (QED) is 0.645. The molecule has 0 amide bonds. The number of thioether (sulfide) groups is 1. The summed E-state index contributed by atoms with van der Waals surface area (Å²) in [5.74, 6) is 2.36. The summed E-state index contributed by atoms with van der Waals surface area (Å²) >= 11 is 1.99. The third kappa shape index (κ3) is 4.89. The predicted octanol–water partition coefficient (Wildman–Crippen LogP) is 3.36. The Hall–Kier alpha value is -1.27. The van der Waals surface area contributed by atoms with E-state index in [0.717, 1.165) is 49.6 Å². The van der Waals surface area contributed by atoms with Crippen LogP contribution in [0.5, 0.6) is 0 Å². The van der Waals surface area contributed by atoms with Crippen molar-refractivity contribution in [3.05, 3.63) is 33.9 Å². The summed E-state index contributed by atoms with van der Waals surface area (Å²) in [7, 11) is 0. The fourth-order valence-electron chi connectivity index (χ4n) is 2.45. The third-order valence-electron chi connectivity index (χ3n) is 3.57. The molecule has 1 aliphatic rings. The van der Waals surface area contributed by atoms with Crippen molar-refractivity contribution >= 4 is 23.1 Å². The highest BCUT2D eigenvalue weighted by Crippen LogP contribution is 2.24. The first-order valence-electron chi connectivity index (χ1n) is 7.52. The maximum absolute atomic E-state index is 11.0. The van der Waals surface area contributed by atoms with Gasteiger partial charge in [0.25, 0.3) is 5.69 Å². The average Bonchev–Trinajstić information content (AvgIpc) is 2.74. The minimum absolute atomic E-state index is 0.177. The molecule has 5 nitrogen and oxygen atoms in total. The fourth-order valence-corrected chi connectivity index (χ4v) is 3.38. The number of hydrogen-bond acceptors (Lipinski definition) is 5. The highest BCUT2D eigenvalue weighted by molar-refractivity contribution is 7.99. The van der Waals surface area contributed by atoms with Crippen LogP contribution in [0.4, 0.5) is 11.4 Å². The van der Waals surface area contributed by atoms with Gasteiger partial charge in [-0.2, -0.15) is 11.8 Å². The molecule has 0 aromatic heterocycles. The Labute approximate surface area is 130 Å². The largest absolute Gasteiger partial charge is 0.385 e. The summed E-state index contributed by atoms with van der Waals surface area (Å²) in [6.45, 7) is 5.92. The minimum Gasteiger partial charge on any atom is -0.385 e. The molecular formula is C15H23N3O2S. The number of hydrogen-bond donors (Lipinski definition) is 1. The van der Waals surface area contributed by atoms with Crippen molar-refractivity contribution in [3.8, 4) is 0 Å². The van der Waals surface area contributed by atoms with Gasteiger partial charge in [-0.05, 0) is 36.8 Å². The molecule has 0 atom stereocenters. The van der Waals surface area contributed by atoms with E-state index in [1.54, 1.807) is 12.1 Å². The van der Waals surface area contributed by atoms with Gasteiger partial charge in [0.05, 0.1) is 4.92 Å². The lowest BCUT2D eigenvalue weighted by Gasteiger charge is -2.21. The molecule has 1 aromatic carbocycles. The monoisotopic (exact) mass is 309 g/mol. The summed E-state index contributed by atoms with van der Waals surface area (Å²) < 4.78 is 0. The molecule has 21 heavy (non-hydrogen) atoms. The highest BCUT2D eigenvalue weighted by atomic mass is 32.2. The molecule has 1 aliphatic heterocycles. The Bertz CT molecular complexity index is 474. The Morgan fingerprint density at radius 3 is 3.00 bits per heavy atom. The zero-order chi connectivity index (χ0) is 15.1. The Morgan fingerprint density at radius 1 is 1.38 bits per heavy atom. The zero-order valence-corrected chi connectivity index (χ0v) is 13.3. The number of benzene rings is 1. The average molecular weight is 309 g/mol. The van der Waals surface area contributed by atoms with Crippen LogP contribution in [0.1, 0.15) is 25.3 Å². The standard InChI is InChI=1S/C15H23N3O2S/c1-2-6-16-15-5-4-14(18(19)20)11-13(15)12-17-7-3-9-21-10-8-17/h4-5,11,16H,2-3,6-10,12H2,1H3. The number of nitrogens with zero attached hydrogens (tertiary/aromatic N) is 2. The van der Waals surface area contributed by atoms with Gasteiger partial charge in [-0.15, -0.1) is 0 Å². The van der Waals surface area contributed by atoms with Crippen molar-refractivity contribution in [2.75, 3.05) is 36.5 Å². The van der Waals surface area contributed by atoms with E-state index in [1.807, 2.05) is 17.8 Å². The zero-order valence-electron chi connectivity index (χ0n) is 12.5. The van der Waals surface area contributed by atoms with Gasteiger partial charge in [0.2, 0.25) is 0 Å². The number of rotatable bonds is 6. The lowest BCUT2D eigenvalue weighted by Crippen LogP contribution is -2.26. The predicted molar refractivity (Wildman–Crippen MR) is 89.1 cm³/mol. The number of nitro groups is 1. The van der Waals surface area contributed by atoms with Crippen molar-refractivity contribution in [2.45, 2.75) is 26.3 Å². The molecule has 0 bridgehead atoms. The van der Waals surface area contributed by atoms with Crippen molar-refractivity contribution in [3.63, 3.8) is 0 Å². The summed E-state index contributed by atoms with van der Waals surface area (Å²) in [6.07, 6.45) is 2.23. The van der Waals surface area contributed by atoms with E-state index in [0.29, 0.717) is 0 Å². The SMILES string of the molecule is CCCNc1ccc([N+](=O)[O-])cc1CN1CCCSCC1. The van der Waals surface area contributed by atoms with E-state index < -0.39 is 0 Å². The molecule has 1 N–H and O–H groups in total. The molecule has 1 aromatic rings. The molecule has 6 heteroatoms. The highest BCUT2D eigenvalue weighted by Gasteiger charge is 2.15. The minimum atomic E-state index is -0.314. The van der Waals surface area contributed by atoms with E-state index >= 15 is 0 Å². The van der Waals surface area contributed by atoms with Crippen molar-refractivity contribution in [1.29, 1.82) is 0 Å². The molecule has 0 spiro atoms. The Balaban J connectivity index is 2.15. The summed E-state index contributed by atoms with van der Waals surface area (Å²) in [5.41, 5.74) is 2.24. The molecule has 0 unspecified atom stereocenters. The molecule has 1 saturated heterocycles. The van der Waals surface area contributed by atoms with Gasteiger partial charge in [0.1, 0.15) is 0 Å².